The second-order valence-electron chi connectivity index (χ2n) is 16.0. The van der Waals surface area contributed by atoms with Crippen molar-refractivity contribution in [2.45, 2.75) is 165 Å². The molecule has 2 aliphatic carbocycles. The molecule has 1 saturated carbocycles. The molecular weight excluding hydrogens is 480 g/mol. The summed E-state index contributed by atoms with van der Waals surface area (Å²) in [6.45, 7) is 26.4. The van der Waals surface area contributed by atoms with E-state index < -0.39 is 0 Å². The summed E-state index contributed by atoms with van der Waals surface area (Å²) >= 11 is 0. The van der Waals surface area contributed by atoms with Crippen molar-refractivity contribution in [2.75, 3.05) is 0 Å². The molecule has 0 aliphatic heterocycles. The van der Waals surface area contributed by atoms with Crippen LogP contribution in [0.4, 0.5) is 0 Å². The molecule has 0 unspecified atom stereocenters. The number of hydrogen-bond acceptors (Lipinski definition) is 0. The minimum atomic E-state index is 0.446. The molecule has 40 heavy (non-hydrogen) atoms. The standard InChI is InChI=1S/C40H70/c1-31(19-13-21-33(3)25-27-37-35(5)23-15-29-39(37,7)8)17-11-12-18-32(2)20-14-22-34(4)26-28-38-36(6)24-16-30-40(38,9)10/h16,20,22,24,31,35-38H,3,11-15,17-19,21,23,25-30H2,1-2,4-10H3/b32-20+,34-22+/t31-,35-,36-,37+,38-/m1/s1. The van der Waals surface area contributed by atoms with Gasteiger partial charge in [-0.25, -0.2) is 0 Å². The van der Waals surface area contributed by atoms with Crippen LogP contribution in [0.1, 0.15) is 165 Å². The second kappa shape index (κ2) is 17.2. The van der Waals surface area contributed by atoms with Gasteiger partial charge in [-0.2, -0.15) is 0 Å². The average molecular weight is 551 g/mol. The largest absolute Gasteiger partial charge is 0.0999 e. The van der Waals surface area contributed by atoms with Crippen molar-refractivity contribution >= 4 is 0 Å². The van der Waals surface area contributed by atoms with E-state index in [0.29, 0.717) is 16.7 Å². The maximum Gasteiger partial charge on any atom is -0.0164 e. The van der Waals surface area contributed by atoms with Crippen molar-refractivity contribution in [3.05, 3.63) is 47.6 Å². The lowest BCUT2D eigenvalue weighted by Gasteiger charge is -2.43. The van der Waals surface area contributed by atoms with E-state index in [4.69, 9.17) is 0 Å². The Morgan fingerprint density at radius 3 is 2.17 bits per heavy atom. The highest BCUT2D eigenvalue weighted by Crippen LogP contribution is 2.46. The highest BCUT2D eigenvalue weighted by atomic mass is 14.4. The van der Waals surface area contributed by atoms with Gasteiger partial charge in [0.1, 0.15) is 0 Å². The van der Waals surface area contributed by atoms with Crippen molar-refractivity contribution in [3.63, 3.8) is 0 Å². The van der Waals surface area contributed by atoms with Gasteiger partial charge >= 0.3 is 0 Å². The van der Waals surface area contributed by atoms with Gasteiger partial charge < -0.3 is 0 Å². The molecule has 0 saturated heterocycles. The van der Waals surface area contributed by atoms with Crippen molar-refractivity contribution in [1.82, 2.24) is 0 Å². The first-order valence-electron chi connectivity index (χ1n) is 17.5. The van der Waals surface area contributed by atoms with E-state index >= 15 is 0 Å². The predicted octanol–water partition coefficient (Wildman–Crippen LogP) is 13.5. The normalized spacial score (nSPS) is 27.5. The molecule has 0 heterocycles. The Morgan fingerprint density at radius 2 is 1.50 bits per heavy atom. The minimum Gasteiger partial charge on any atom is -0.0999 e. The summed E-state index contributed by atoms with van der Waals surface area (Å²) in [5, 5.41) is 0. The molecule has 230 valence electrons. The van der Waals surface area contributed by atoms with Crippen LogP contribution in [0.25, 0.3) is 0 Å². The highest BCUT2D eigenvalue weighted by molar-refractivity contribution is 5.08. The monoisotopic (exact) mass is 551 g/mol. The smallest absolute Gasteiger partial charge is 0.0164 e. The summed E-state index contributed by atoms with van der Waals surface area (Å²) in [5.41, 5.74) is 5.64. The first kappa shape index (κ1) is 35.2. The van der Waals surface area contributed by atoms with Crippen LogP contribution < -0.4 is 0 Å². The molecule has 5 atom stereocenters. The third-order valence-electron chi connectivity index (χ3n) is 11.2. The van der Waals surface area contributed by atoms with E-state index in [1.165, 1.54) is 102 Å². The summed E-state index contributed by atoms with van der Waals surface area (Å²) in [5.74, 6) is 4.15. The predicted molar refractivity (Wildman–Crippen MR) is 182 cm³/mol. The van der Waals surface area contributed by atoms with Crippen molar-refractivity contribution < 1.29 is 0 Å². The van der Waals surface area contributed by atoms with Gasteiger partial charge in [0.25, 0.3) is 0 Å². The second-order valence-corrected chi connectivity index (χ2v) is 16.0. The molecule has 0 aromatic carbocycles. The van der Waals surface area contributed by atoms with Crippen LogP contribution in [-0.4, -0.2) is 0 Å². The summed E-state index contributed by atoms with van der Waals surface area (Å²) in [7, 11) is 0. The highest BCUT2D eigenvalue weighted by Gasteiger charge is 2.36. The maximum absolute atomic E-state index is 4.47. The molecule has 0 heteroatoms. The third kappa shape index (κ3) is 12.4. The summed E-state index contributed by atoms with van der Waals surface area (Å²) in [4.78, 5) is 0. The van der Waals surface area contributed by atoms with E-state index in [9.17, 15) is 0 Å². The molecule has 1 fully saturated rings. The molecule has 2 aliphatic rings. The van der Waals surface area contributed by atoms with Crippen LogP contribution in [0.2, 0.25) is 0 Å². The van der Waals surface area contributed by atoms with E-state index in [0.717, 1.165) is 30.1 Å². The van der Waals surface area contributed by atoms with Gasteiger partial charge in [0.15, 0.2) is 0 Å². The van der Waals surface area contributed by atoms with Gasteiger partial charge in [-0.3, -0.25) is 0 Å². The summed E-state index contributed by atoms with van der Waals surface area (Å²) in [6, 6.07) is 0. The molecular formula is C40H70. The molecule has 0 bridgehead atoms. The van der Waals surface area contributed by atoms with Gasteiger partial charge in [-0.1, -0.05) is 128 Å². The molecule has 0 aromatic heterocycles. The molecule has 0 aromatic rings. The van der Waals surface area contributed by atoms with E-state index in [2.05, 4.69) is 93.2 Å². The van der Waals surface area contributed by atoms with Gasteiger partial charge in [0.05, 0.1) is 0 Å². The lowest BCUT2D eigenvalue weighted by Crippen LogP contribution is -2.33. The average Bonchev–Trinajstić information content (AvgIpc) is 2.85. The van der Waals surface area contributed by atoms with Gasteiger partial charge in [-0.15, -0.1) is 0 Å². The Hall–Kier alpha value is -1.04. The van der Waals surface area contributed by atoms with Crippen LogP contribution in [0.5, 0.6) is 0 Å². The fourth-order valence-electron chi connectivity index (χ4n) is 8.22. The molecule has 0 nitrogen and oxygen atoms in total. The zero-order valence-corrected chi connectivity index (χ0v) is 28.7. The van der Waals surface area contributed by atoms with Crippen LogP contribution in [0.3, 0.4) is 0 Å². The summed E-state index contributed by atoms with van der Waals surface area (Å²) < 4.78 is 0. The quantitative estimate of drug-likeness (QED) is 0.125. The van der Waals surface area contributed by atoms with E-state index in [1.807, 2.05) is 0 Å². The Morgan fingerprint density at radius 1 is 0.850 bits per heavy atom. The number of unbranched alkanes of at least 4 members (excludes halogenated alkanes) is 1. The topological polar surface area (TPSA) is 0 Å². The first-order valence-corrected chi connectivity index (χ1v) is 17.5. The minimum absolute atomic E-state index is 0.446. The Bertz CT molecular complexity index is 830. The first-order chi connectivity index (χ1) is 18.8. The maximum atomic E-state index is 4.47. The van der Waals surface area contributed by atoms with Crippen LogP contribution >= 0.6 is 0 Å². The van der Waals surface area contributed by atoms with Gasteiger partial charge in [0.2, 0.25) is 0 Å². The molecule has 0 N–H and O–H groups in total. The van der Waals surface area contributed by atoms with Crippen LogP contribution in [0, 0.1) is 40.4 Å². The van der Waals surface area contributed by atoms with Gasteiger partial charge in [0, 0.05) is 0 Å². The van der Waals surface area contributed by atoms with E-state index in [1.54, 1.807) is 11.1 Å². The van der Waals surface area contributed by atoms with Crippen LogP contribution in [-0.2, 0) is 0 Å². The fraction of sp³-hybridized carbons (Fsp3) is 0.800. The van der Waals surface area contributed by atoms with Crippen molar-refractivity contribution in [3.8, 4) is 0 Å². The zero-order valence-electron chi connectivity index (χ0n) is 28.7. The molecule has 0 amide bonds. The molecule has 0 spiro atoms. The number of rotatable bonds is 17. The van der Waals surface area contributed by atoms with Crippen molar-refractivity contribution in [1.29, 1.82) is 0 Å². The molecule has 2 rings (SSSR count). The number of allylic oxidation sites excluding steroid dienone is 7. The molecule has 0 radical (unpaired) electrons. The van der Waals surface area contributed by atoms with E-state index in [-0.39, 0.29) is 0 Å². The Labute approximate surface area is 252 Å². The van der Waals surface area contributed by atoms with Crippen LogP contribution in [0.15, 0.2) is 47.6 Å². The SMILES string of the molecule is C=C(CCC[C@H](C)CCCC/C(C)=C/C/C=C(\C)CC[C@@H]1[C@H](C)C=CCC1(C)C)CC[C@H]1[C@H](C)CCCC1(C)C. The van der Waals surface area contributed by atoms with Gasteiger partial charge in [-0.05, 0) is 125 Å². The number of hydrogen-bond donors (Lipinski definition) is 0. The Balaban J connectivity index is 1.54. The zero-order chi connectivity index (χ0) is 29.8. The lowest BCUT2D eigenvalue weighted by molar-refractivity contribution is 0.0765. The van der Waals surface area contributed by atoms with Crippen molar-refractivity contribution in [2.24, 2.45) is 40.4 Å². The lowest BCUT2D eigenvalue weighted by atomic mass is 9.62. The third-order valence-corrected chi connectivity index (χ3v) is 11.2. The fourth-order valence-corrected chi connectivity index (χ4v) is 8.22. The Kier molecular flexibility index (Phi) is 15.1. The summed E-state index contributed by atoms with van der Waals surface area (Å²) in [6.07, 6.45) is 30.9.